The molecule has 0 bridgehead atoms. The first-order valence-electron chi connectivity index (χ1n) is 6.59. The van der Waals surface area contributed by atoms with Gasteiger partial charge in [0.15, 0.2) is 0 Å². The SMILES string of the molecule is CCC1CCC(Nc2c(Br)cncc2[N+](=O)[O-])C1C. The molecule has 1 heterocycles. The summed E-state index contributed by atoms with van der Waals surface area (Å²) in [5.74, 6) is 1.24. The molecule has 1 aliphatic rings. The van der Waals surface area contributed by atoms with Crippen LogP contribution >= 0.6 is 15.9 Å². The quantitative estimate of drug-likeness (QED) is 0.670. The zero-order valence-electron chi connectivity index (χ0n) is 11.1. The van der Waals surface area contributed by atoms with E-state index in [-0.39, 0.29) is 5.69 Å². The molecule has 1 saturated carbocycles. The van der Waals surface area contributed by atoms with E-state index in [4.69, 9.17) is 0 Å². The van der Waals surface area contributed by atoms with Crippen molar-refractivity contribution in [1.82, 2.24) is 4.98 Å². The Hall–Kier alpha value is -1.17. The predicted octanol–water partition coefficient (Wildman–Crippen LogP) is 3.99. The molecule has 3 unspecified atom stereocenters. The smallest absolute Gasteiger partial charge is 0.311 e. The molecular weight excluding hydrogens is 310 g/mol. The molecule has 0 aromatic carbocycles. The normalized spacial score (nSPS) is 26.4. The lowest BCUT2D eigenvalue weighted by atomic mass is 9.93. The van der Waals surface area contributed by atoms with Gasteiger partial charge in [0.25, 0.3) is 0 Å². The number of hydrogen-bond acceptors (Lipinski definition) is 4. The lowest BCUT2D eigenvalue weighted by Gasteiger charge is -2.22. The molecule has 5 nitrogen and oxygen atoms in total. The number of nitrogens with zero attached hydrogens (tertiary/aromatic N) is 2. The Morgan fingerprint density at radius 2 is 2.26 bits per heavy atom. The van der Waals surface area contributed by atoms with E-state index in [0.717, 1.165) is 6.42 Å². The highest BCUT2D eigenvalue weighted by atomic mass is 79.9. The van der Waals surface area contributed by atoms with Crippen LogP contribution in [0.1, 0.15) is 33.1 Å². The van der Waals surface area contributed by atoms with Crippen molar-refractivity contribution in [2.75, 3.05) is 5.32 Å². The van der Waals surface area contributed by atoms with Crippen LogP contribution in [0.2, 0.25) is 0 Å². The Bertz CT molecular complexity index is 481. The molecule has 0 spiro atoms. The van der Waals surface area contributed by atoms with E-state index in [2.05, 4.69) is 40.1 Å². The molecule has 104 valence electrons. The molecule has 1 aliphatic carbocycles. The molecule has 0 amide bonds. The highest BCUT2D eigenvalue weighted by Gasteiger charge is 2.33. The minimum absolute atomic E-state index is 0.0292. The first kappa shape index (κ1) is 14.2. The number of nitrogens with one attached hydrogen (secondary N) is 1. The van der Waals surface area contributed by atoms with Crippen LogP contribution in [-0.2, 0) is 0 Å². The Morgan fingerprint density at radius 1 is 1.53 bits per heavy atom. The van der Waals surface area contributed by atoms with Crippen LogP contribution in [0.25, 0.3) is 0 Å². The van der Waals surface area contributed by atoms with Crippen LogP contribution in [0.4, 0.5) is 11.4 Å². The molecule has 0 radical (unpaired) electrons. The molecule has 3 atom stereocenters. The van der Waals surface area contributed by atoms with E-state index in [1.54, 1.807) is 6.20 Å². The Balaban J connectivity index is 2.22. The van der Waals surface area contributed by atoms with Crippen molar-refractivity contribution in [1.29, 1.82) is 0 Å². The highest BCUT2D eigenvalue weighted by molar-refractivity contribution is 9.10. The maximum Gasteiger partial charge on any atom is 0.311 e. The van der Waals surface area contributed by atoms with Gasteiger partial charge in [-0.3, -0.25) is 15.1 Å². The van der Waals surface area contributed by atoms with E-state index in [1.807, 2.05) is 0 Å². The molecule has 1 N–H and O–H groups in total. The molecule has 2 rings (SSSR count). The summed E-state index contributed by atoms with van der Waals surface area (Å²) in [6.07, 6.45) is 6.30. The van der Waals surface area contributed by atoms with E-state index >= 15 is 0 Å². The summed E-state index contributed by atoms with van der Waals surface area (Å²) in [5, 5.41) is 14.4. The van der Waals surface area contributed by atoms with E-state index in [1.165, 1.54) is 19.0 Å². The van der Waals surface area contributed by atoms with Gasteiger partial charge in [-0.2, -0.15) is 0 Å². The average Bonchev–Trinajstić information content (AvgIpc) is 2.72. The zero-order valence-corrected chi connectivity index (χ0v) is 12.7. The van der Waals surface area contributed by atoms with Crippen molar-refractivity contribution in [3.63, 3.8) is 0 Å². The van der Waals surface area contributed by atoms with Gasteiger partial charge in [-0.15, -0.1) is 0 Å². The number of nitro groups is 1. The monoisotopic (exact) mass is 327 g/mol. The first-order valence-corrected chi connectivity index (χ1v) is 7.38. The van der Waals surface area contributed by atoms with Crippen LogP contribution < -0.4 is 5.32 Å². The third-order valence-electron chi connectivity index (χ3n) is 4.16. The summed E-state index contributed by atoms with van der Waals surface area (Å²) in [5.41, 5.74) is 0.579. The maximum absolute atomic E-state index is 11.1. The summed E-state index contributed by atoms with van der Waals surface area (Å²) in [6.45, 7) is 4.42. The molecule has 6 heteroatoms. The molecule has 1 aromatic heterocycles. The molecule has 0 aliphatic heterocycles. The number of rotatable bonds is 4. The van der Waals surface area contributed by atoms with Gasteiger partial charge in [0, 0.05) is 12.2 Å². The minimum Gasteiger partial charge on any atom is -0.375 e. The second kappa shape index (κ2) is 5.86. The molecule has 0 saturated heterocycles. The third kappa shape index (κ3) is 2.88. The Morgan fingerprint density at radius 3 is 2.84 bits per heavy atom. The van der Waals surface area contributed by atoms with Crippen LogP contribution in [0.3, 0.4) is 0 Å². The number of pyridine rings is 1. The standard InChI is InChI=1S/C13H18BrN3O2/c1-3-9-4-5-11(8(9)2)16-13-10(14)6-15-7-12(13)17(18)19/h6-9,11H,3-5H2,1-2H3,(H,15,16). The van der Waals surface area contributed by atoms with Crippen LogP contribution in [0.5, 0.6) is 0 Å². The minimum atomic E-state index is -0.392. The largest absolute Gasteiger partial charge is 0.375 e. The summed E-state index contributed by atoms with van der Waals surface area (Å²) in [4.78, 5) is 14.5. The van der Waals surface area contributed by atoms with E-state index < -0.39 is 4.92 Å². The fourth-order valence-electron chi connectivity index (χ4n) is 2.92. The Labute approximate surface area is 121 Å². The lowest BCUT2D eigenvalue weighted by Crippen LogP contribution is -2.25. The van der Waals surface area contributed by atoms with Gasteiger partial charge in [0.05, 0.1) is 9.40 Å². The Kier molecular flexibility index (Phi) is 4.39. The first-order chi connectivity index (χ1) is 9.04. The van der Waals surface area contributed by atoms with Crippen molar-refractivity contribution < 1.29 is 4.92 Å². The average molecular weight is 328 g/mol. The highest BCUT2D eigenvalue weighted by Crippen LogP contribution is 2.39. The molecule has 1 fully saturated rings. The van der Waals surface area contributed by atoms with Gasteiger partial charge in [-0.05, 0) is 40.6 Å². The van der Waals surface area contributed by atoms with Gasteiger partial charge in [-0.1, -0.05) is 20.3 Å². The summed E-state index contributed by atoms with van der Waals surface area (Å²) < 4.78 is 0.647. The fraction of sp³-hybridized carbons (Fsp3) is 0.615. The van der Waals surface area contributed by atoms with Crippen molar-refractivity contribution in [3.8, 4) is 0 Å². The van der Waals surface area contributed by atoms with Gasteiger partial charge in [-0.25, -0.2) is 0 Å². The van der Waals surface area contributed by atoms with Crippen molar-refractivity contribution in [3.05, 3.63) is 27.0 Å². The number of anilines is 1. The number of aromatic nitrogens is 1. The number of halogens is 1. The summed E-state index contributed by atoms with van der Waals surface area (Å²) in [6, 6.07) is 0.294. The molecule has 19 heavy (non-hydrogen) atoms. The van der Waals surface area contributed by atoms with E-state index in [0.29, 0.717) is 28.0 Å². The van der Waals surface area contributed by atoms with Crippen molar-refractivity contribution >= 4 is 27.3 Å². The van der Waals surface area contributed by atoms with Crippen molar-refractivity contribution in [2.24, 2.45) is 11.8 Å². The number of hydrogen-bond donors (Lipinski definition) is 1. The van der Waals surface area contributed by atoms with Crippen LogP contribution in [0.15, 0.2) is 16.9 Å². The second-order valence-corrected chi connectivity index (χ2v) is 5.98. The second-order valence-electron chi connectivity index (χ2n) is 5.13. The lowest BCUT2D eigenvalue weighted by molar-refractivity contribution is -0.384. The van der Waals surface area contributed by atoms with Crippen LogP contribution in [0, 0.1) is 22.0 Å². The van der Waals surface area contributed by atoms with Crippen LogP contribution in [-0.4, -0.2) is 15.9 Å². The summed E-state index contributed by atoms with van der Waals surface area (Å²) in [7, 11) is 0. The summed E-state index contributed by atoms with van der Waals surface area (Å²) >= 11 is 3.35. The fourth-order valence-corrected chi connectivity index (χ4v) is 3.35. The van der Waals surface area contributed by atoms with Gasteiger partial charge >= 0.3 is 5.69 Å². The van der Waals surface area contributed by atoms with Gasteiger partial charge < -0.3 is 5.32 Å². The zero-order chi connectivity index (χ0) is 14.0. The molecular formula is C13H18BrN3O2. The van der Waals surface area contributed by atoms with Gasteiger partial charge in [0.2, 0.25) is 0 Å². The molecule has 1 aromatic rings. The predicted molar refractivity (Wildman–Crippen MR) is 78.2 cm³/mol. The van der Waals surface area contributed by atoms with Gasteiger partial charge in [0.1, 0.15) is 11.9 Å². The maximum atomic E-state index is 11.1. The third-order valence-corrected chi connectivity index (χ3v) is 4.76. The van der Waals surface area contributed by atoms with Crippen molar-refractivity contribution in [2.45, 2.75) is 39.2 Å². The van der Waals surface area contributed by atoms with E-state index in [9.17, 15) is 10.1 Å². The topological polar surface area (TPSA) is 68.1 Å².